The number of pyridine rings is 2. The Morgan fingerprint density at radius 1 is 1.06 bits per heavy atom. The van der Waals surface area contributed by atoms with E-state index in [0.29, 0.717) is 78.1 Å². The Bertz CT molecular complexity index is 1980. The summed E-state index contributed by atoms with van der Waals surface area (Å²) in [5, 5.41) is 13.0. The van der Waals surface area contributed by atoms with E-state index in [9.17, 15) is 14.4 Å². The highest BCUT2D eigenvalue weighted by Gasteiger charge is 2.33. The molecule has 7 rings (SSSR count). The number of benzene rings is 1. The maximum Gasteiger partial charge on any atom is 0.291 e. The molecule has 4 aromatic rings. The van der Waals surface area contributed by atoms with Crippen LogP contribution in [0.25, 0.3) is 22.5 Å². The lowest BCUT2D eigenvalue weighted by atomic mass is 10.0. The van der Waals surface area contributed by atoms with Gasteiger partial charge < -0.3 is 35.5 Å². The first-order valence-electron chi connectivity index (χ1n) is 16.6. The molecule has 4 N–H and O–H groups in total. The molecule has 0 unspecified atom stereocenters. The monoisotopic (exact) mass is 717 g/mol. The molecule has 3 aliphatic heterocycles. The first-order valence-corrected chi connectivity index (χ1v) is 17.3. The third-order valence-corrected chi connectivity index (χ3v) is 10.3. The Kier molecular flexibility index (Phi) is 9.73. The number of fused-ring (bicyclic) bond motifs is 1. The van der Waals surface area contributed by atoms with E-state index in [4.69, 9.17) is 32.9 Å². The number of amides is 3. The van der Waals surface area contributed by atoms with Crippen LogP contribution in [0.4, 0.5) is 5.69 Å². The summed E-state index contributed by atoms with van der Waals surface area (Å²) in [5.41, 5.74) is 5.07. The van der Waals surface area contributed by atoms with Crippen molar-refractivity contribution in [3.8, 4) is 28.4 Å². The molecule has 0 spiro atoms. The van der Waals surface area contributed by atoms with Crippen molar-refractivity contribution in [3.63, 3.8) is 0 Å². The highest BCUT2D eigenvalue weighted by atomic mass is 35.5. The summed E-state index contributed by atoms with van der Waals surface area (Å²) in [5.74, 6) is 0.416. The minimum atomic E-state index is -0.425. The number of aromatic nitrogens is 4. The maximum atomic E-state index is 13.5. The van der Waals surface area contributed by atoms with E-state index in [-0.39, 0.29) is 34.7 Å². The lowest BCUT2D eigenvalue weighted by Crippen LogP contribution is -2.55. The van der Waals surface area contributed by atoms with Gasteiger partial charge >= 0.3 is 0 Å². The van der Waals surface area contributed by atoms with Gasteiger partial charge in [0.2, 0.25) is 17.7 Å². The minimum Gasteiger partial charge on any atom is -0.481 e. The molecule has 3 aromatic heterocycles. The van der Waals surface area contributed by atoms with Gasteiger partial charge in [0.05, 0.1) is 52.5 Å². The van der Waals surface area contributed by atoms with E-state index in [1.165, 1.54) is 0 Å². The fraction of sp³-hybridized carbons (Fsp3) is 0.371. The van der Waals surface area contributed by atoms with Gasteiger partial charge in [-0.2, -0.15) is 0 Å². The molecular weight excluding hydrogens is 681 g/mol. The highest BCUT2D eigenvalue weighted by Crippen LogP contribution is 2.40. The Labute approximate surface area is 299 Å². The number of nitrogens with one attached hydrogen (secondary N) is 4. The molecule has 2 atom stereocenters. The number of nitrogens with zero attached hydrogens (tertiary/aromatic N) is 5. The normalized spacial score (nSPS) is 18.3. The van der Waals surface area contributed by atoms with Gasteiger partial charge in [-0.05, 0) is 37.6 Å². The van der Waals surface area contributed by atoms with E-state index in [1.54, 1.807) is 47.0 Å². The first-order chi connectivity index (χ1) is 24.2. The van der Waals surface area contributed by atoms with E-state index < -0.39 is 5.91 Å². The summed E-state index contributed by atoms with van der Waals surface area (Å²) in [6, 6.07) is 10.8. The quantitative estimate of drug-likeness (QED) is 0.192. The molecule has 2 saturated heterocycles. The SMILES string of the molecule is COc1nc(-c2ccnc(-c3cccc(NC(=O)c4nc5c(n4C)CCN(C(=O)[C@@H]4CCN4)C5)c3Cl)c2Cl)ccc1CNC[C@@H]1CCC(=O)N1. The molecule has 0 radical (unpaired) electrons. The number of carbonyl (C=O) groups excluding carboxylic acids is 3. The van der Waals surface area contributed by atoms with Gasteiger partial charge in [0.1, 0.15) is 0 Å². The molecule has 1 aromatic carbocycles. The molecule has 3 amide bonds. The Balaban J connectivity index is 1.08. The second-order valence-corrected chi connectivity index (χ2v) is 13.4. The van der Waals surface area contributed by atoms with E-state index in [2.05, 4.69) is 31.2 Å². The number of rotatable bonds is 10. The number of anilines is 1. The molecule has 2 fully saturated rings. The van der Waals surface area contributed by atoms with Crippen molar-refractivity contribution in [2.45, 2.75) is 50.9 Å². The molecule has 50 heavy (non-hydrogen) atoms. The topological polar surface area (TPSA) is 155 Å². The Morgan fingerprint density at radius 3 is 2.64 bits per heavy atom. The molecule has 3 aliphatic rings. The summed E-state index contributed by atoms with van der Waals surface area (Å²) < 4.78 is 7.39. The Hall–Kier alpha value is -4.56. The summed E-state index contributed by atoms with van der Waals surface area (Å²) >= 11 is 13.9. The number of hydrogen-bond donors (Lipinski definition) is 4. The molecule has 15 heteroatoms. The van der Waals surface area contributed by atoms with Crippen LogP contribution in [0.1, 0.15) is 46.8 Å². The third-order valence-electron chi connectivity index (χ3n) is 9.48. The van der Waals surface area contributed by atoms with Crippen LogP contribution in [0, 0.1) is 0 Å². The molecule has 260 valence electrons. The van der Waals surface area contributed by atoms with Crippen LogP contribution in [0.5, 0.6) is 5.88 Å². The minimum absolute atomic E-state index is 0.0749. The largest absolute Gasteiger partial charge is 0.481 e. The average molecular weight is 719 g/mol. The predicted molar refractivity (Wildman–Crippen MR) is 189 cm³/mol. The summed E-state index contributed by atoms with van der Waals surface area (Å²) in [6.07, 6.45) is 4.45. The van der Waals surface area contributed by atoms with Gasteiger partial charge in [-0.3, -0.25) is 19.4 Å². The Morgan fingerprint density at radius 2 is 1.90 bits per heavy atom. The molecular formula is C35H37Cl2N9O4. The zero-order valence-corrected chi connectivity index (χ0v) is 29.2. The van der Waals surface area contributed by atoms with Gasteiger partial charge in [-0.1, -0.05) is 41.4 Å². The smallest absolute Gasteiger partial charge is 0.291 e. The number of hydrogen-bond acceptors (Lipinski definition) is 9. The molecule has 0 aliphatic carbocycles. The van der Waals surface area contributed by atoms with Crippen molar-refractivity contribution in [2.75, 3.05) is 32.1 Å². The number of ether oxygens (including phenoxy) is 1. The summed E-state index contributed by atoms with van der Waals surface area (Å²) in [7, 11) is 3.37. The molecule has 13 nitrogen and oxygen atoms in total. The van der Waals surface area contributed by atoms with Gasteiger partial charge in [0, 0.05) is 74.1 Å². The van der Waals surface area contributed by atoms with Crippen LogP contribution in [-0.2, 0) is 36.1 Å². The zero-order chi connectivity index (χ0) is 34.9. The van der Waals surface area contributed by atoms with Crippen LogP contribution >= 0.6 is 23.2 Å². The van der Waals surface area contributed by atoms with Crippen molar-refractivity contribution in [1.29, 1.82) is 0 Å². The van der Waals surface area contributed by atoms with Gasteiger partial charge in [0.25, 0.3) is 5.91 Å². The summed E-state index contributed by atoms with van der Waals surface area (Å²) in [6.45, 7) is 2.97. The van der Waals surface area contributed by atoms with Gasteiger partial charge in [-0.15, -0.1) is 0 Å². The lowest BCUT2D eigenvalue weighted by molar-refractivity contribution is -0.136. The molecule has 0 bridgehead atoms. The summed E-state index contributed by atoms with van der Waals surface area (Å²) in [4.78, 5) is 53.5. The highest BCUT2D eigenvalue weighted by molar-refractivity contribution is 6.39. The molecule has 0 saturated carbocycles. The van der Waals surface area contributed by atoms with Crippen molar-refractivity contribution in [2.24, 2.45) is 7.05 Å². The second kappa shape index (κ2) is 14.4. The van der Waals surface area contributed by atoms with Gasteiger partial charge in [0.15, 0.2) is 5.82 Å². The maximum absolute atomic E-state index is 13.5. The predicted octanol–water partition coefficient (Wildman–Crippen LogP) is 3.73. The number of halogens is 2. The standard InChI is InChI=1S/C35H37Cl2N9O4/c1-45-27-12-15-46(35(49)25-11-14-39-25)18-26(27)42-32(45)33(48)43-24-5-3-4-22(29(24)36)31-30(37)21(10-13-40-31)23-8-6-19(34(44-23)50-2)16-38-17-20-7-9-28(47)41-20/h3-6,8,10,13,20,25,38-39H,7,9,11-12,14-18H2,1-2H3,(H,41,47)(H,43,48)/t20-,25-/m0/s1. The van der Waals surface area contributed by atoms with Gasteiger partial charge in [-0.25, -0.2) is 9.97 Å². The molecule has 6 heterocycles. The lowest BCUT2D eigenvalue weighted by Gasteiger charge is -2.34. The van der Waals surface area contributed by atoms with Crippen LogP contribution in [0.15, 0.2) is 42.6 Å². The number of carbonyl (C=O) groups is 3. The number of methoxy groups -OCH3 is 1. The fourth-order valence-corrected chi connectivity index (χ4v) is 7.17. The van der Waals surface area contributed by atoms with Crippen molar-refractivity contribution in [1.82, 2.24) is 40.4 Å². The van der Waals surface area contributed by atoms with Crippen LogP contribution in [0.3, 0.4) is 0 Å². The van der Waals surface area contributed by atoms with E-state index in [0.717, 1.165) is 36.3 Å². The number of imidazole rings is 1. The van der Waals surface area contributed by atoms with Crippen molar-refractivity contribution in [3.05, 3.63) is 75.4 Å². The van der Waals surface area contributed by atoms with Crippen LogP contribution < -0.4 is 26.0 Å². The van der Waals surface area contributed by atoms with E-state index in [1.807, 2.05) is 19.2 Å². The third kappa shape index (κ3) is 6.65. The van der Waals surface area contributed by atoms with Crippen molar-refractivity contribution < 1.29 is 19.1 Å². The fourth-order valence-electron chi connectivity index (χ4n) is 6.60. The van der Waals surface area contributed by atoms with E-state index >= 15 is 0 Å². The van der Waals surface area contributed by atoms with Crippen LogP contribution in [0.2, 0.25) is 10.0 Å². The second-order valence-electron chi connectivity index (χ2n) is 12.6. The first kappa shape index (κ1) is 33.9. The van der Waals surface area contributed by atoms with Crippen LogP contribution in [-0.4, -0.2) is 81.0 Å². The zero-order valence-electron chi connectivity index (χ0n) is 27.7. The van der Waals surface area contributed by atoms with Crippen molar-refractivity contribution >= 4 is 46.6 Å². The average Bonchev–Trinajstić information content (AvgIpc) is 3.66.